The number of piperidine rings is 1. The molecule has 0 spiro atoms. The number of carboxylic acids is 1. The van der Waals surface area contributed by atoms with E-state index in [9.17, 15) is 9.90 Å². The number of nitrogens with zero attached hydrogens (tertiary/aromatic N) is 4. The maximum absolute atomic E-state index is 11.3. The smallest absolute Gasteiger partial charge is 0.303 e. The zero-order valence-corrected chi connectivity index (χ0v) is 21.8. The fourth-order valence-electron chi connectivity index (χ4n) is 5.27. The Kier molecular flexibility index (Phi) is 9.93. The van der Waals surface area contributed by atoms with E-state index >= 15 is 0 Å². The molecule has 1 aliphatic rings. The predicted molar refractivity (Wildman–Crippen MR) is 144 cm³/mol. The number of aryl methyl sites for hydroxylation is 1. The summed E-state index contributed by atoms with van der Waals surface area (Å²) in [4.78, 5) is 26.9. The molecule has 36 heavy (non-hydrogen) atoms. The molecule has 1 saturated heterocycles. The van der Waals surface area contributed by atoms with Crippen molar-refractivity contribution in [3.8, 4) is 5.75 Å². The van der Waals surface area contributed by atoms with E-state index in [-0.39, 0.29) is 6.42 Å². The lowest BCUT2D eigenvalue weighted by molar-refractivity contribution is -0.137. The summed E-state index contributed by atoms with van der Waals surface area (Å²) >= 11 is 1.70. The Balaban J connectivity index is 1.28. The van der Waals surface area contributed by atoms with Crippen molar-refractivity contribution < 1.29 is 14.6 Å². The number of carbonyl (C=O) groups is 1. The molecule has 2 atom stereocenters. The second-order valence-corrected chi connectivity index (χ2v) is 10.6. The SMILES string of the molecule is COc1ccc2nccc(CCC[C@@H]3CCN(CCCSc4ncccn4)C[C@@H]3CCC(=O)O)c2c1. The Hall–Kier alpha value is -2.71. The van der Waals surface area contributed by atoms with Gasteiger partial charge in [-0.15, -0.1) is 0 Å². The molecule has 2 aromatic heterocycles. The first-order chi connectivity index (χ1) is 17.6. The third kappa shape index (κ3) is 7.64. The van der Waals surface area contributed by atoms with Crippen molar-refractivity contribution >= 4 is 28.6 Å². The van der Waals surface area contributed by atoms with Crippen molar-refractivity contribution in [3.05, 3.63) is 54.5 Å². The average molecular weight is 509 g/mol. The molecular weight excluding hydrogens is 472 g/mol. The van der Waals surface area contributed by atoms with Gasteiger partial charge in [-0.2, -0.15) is 0 Å². The van der Waals surface area contributed by atoms with Gasteiger partial charge in [0.05, 0.1) is 12.6 Å². The van der Waals surface area contributed by atoms with Gasteiger partial charge in [0, 0.05) is 42.7 Å². The van der Waals surface area contributed by atoms with E-state index in [4.69, 9.17) is 4.74 Å². The van der Waals surface area contributed by atoms with Crippen molar-refractivity contribution in [1.29, 1.82) is 0 Å². The van der Waals surface area contributed by atoms with E-state index < -0.39 is 5.97 Å². The molecule has 0 saturated carbocycles. The molecule has 0 amide bonds. The van der Waals surface area contributed by atoms with E-state index in [1.54, 1.807) is 31.3 Å². The first-order valence-electron chi connectivity index (χ1n) is 12.9. The molecule has 4 rings (SSSR count). The number of aromatic nitrogens is 3. The summed E-state index contributed by atoms with van der Waals surface area (Å²) < 4.78 is 5.42. The largest absolute Gasteiger partial charge is 0.497 e. The van der Waals surface area contributed by atoms with Crippen molar-refractivity contribution in [1.82, 2.24) is 19.9 Å². The lowest BCUT2D eigenvalue weighted by Gasteiger charge is -2.39. The Morgan fingerprint density at radius 1 is 1.11 bits per heavy atom. The molecule has 0 radical (unpaired) electrons. The zero-order valence-electron chi connectivity index (χ0n) is 21.0. The van der Waals surface area contributed by atoms with Crippen LogP contribution < -0.4 is 4.74 Å². The van der Waals surface area contributed by atoms with E-state index in [1.807, 2.05) is 24.4 Å². The van der Waals surface area contributed by atoms with Crippen molar-refractivity contribution in [3.63, 3.8) is 0 Å². The molecule has 1 aliphatic heterocycles. The fraction of sp³-hybridized carbons (Fsp3) is 0.500. The van der Waals surface area contributed by atoms with Gasteiger partial charge in [-0.05, 0) is 99.3 Å². The van der Waals surface area contributed by atoms with Gasteiger partial charge in [-0.1, -0.05) is 11.8 Å². The number of likely N-dealkylation sites (tertiary alicyclic amines) is 1. The number of rotatable bonds is 13. The Morgan fingerprint density at radius 3 is 2.78 bits per heavy atom. The van der Waals surface area contributed by atoms with Crippen molar-refractivity contribution in [2.24, 2.45) is 11.8 Å². The topological polar surface area (TPSA) is 88.4 Å². The molecule has 1 fully saturated rings. The minimum Gasteiger partial charge on any atom is -0.497 e. The molecule has 1 aromatic carbocycles. The number of aliphatic carboxylic acids is 1. The minimum absolute atomic E-state index is 0.255. The van der Waals surface area contributed by atoms with Gasteiger partial charge < -0.3 is 14.7 Å². The number of hydrogen-bond acceptors (Lipinski definition) is 7. The van der Waals surface area contributed by atoms with Crippen molar-refractivity contribution in [2.45, 2.75) is 50.1 Å². The van der Waals surface area contributed by atoms with Gasteiger partial charge in [0.15, 0.2) is 5.16 Å². The molecule has 7 nitrogen and oxygen atoms in total. The fourth-order valence-corrected chi connectivity index (χ4v) is 6.00. The third-order valence-electron chi connectivity index (χ3n) is 7.16. The summed E-state index contributed by atoms with van der Waals surface area (Å²) in [6.45, 7) is 3.14. The molecule has 8 heteroatoms. The molecule has 192 valence electrons. The quantitative estimate of drug-likeness (QED) is 0.188. The van der Waals surface area contributed by atoms with Gasteiger partial charge in [0.1, 0.15) is 5.75 Å². The van der Waals surface area contributed by atoms with Crippen LogP contribution in [0.25, 0.3) is 10.9 Å². The number of thioether (sulfide) groups is 1. The van der Waals surface area contributed by atoms with Gasteiger partial charge in [0.2, 0.25) is 0 Å². The molecule has 3 heterocycles. The summed E-state index contributed by atoms with van der Waals surface area (Å²) in [5.41, 5.74) is 2.30. The highest BCUT2D eigenvalue weighted by molar-refractivity contribution is 7.99. The van der Waals surface area contributed by atoms with E-state index in [0.717, 1.165) is 85.7 Å². The minimum atomic E-state index is -0.692. The lowest BCUT2D eigenvalue weighted by atomic mass is 9.79. The second kappa shape index (κ2) is 13.6. The first-order valence-corrected chi connectivity index (χ1v) is 13.9. The molecule has 0 unspecified atom stereocenters. The first kappa shape index (κ1) is 26.4. The number of methoxy groups -OCH3 is 1. The van der Waals surface area contributed by atoms with E-state index in [1.165, 1.54) is 5.56 Å². The van der Waals surface area contributed by atoms with Crippen molar-refractivity contribution in [2.75, 3.05) is 32.5 Å². The van der Waals surface area contributed by atoms with Crippen LogP contribution in [0.1, 0.15) is 44.1 Å². The number of ether oxygens (including phenoxy) is 1. The van der Waals surface area contributed by atoms with E-state index in [2.05, 4.69) is 32.0 Å². The maximum atomic E-state index is 11.3. The predicted octanol–water partition coefficient (Wildman–Crippen LogP) is 5.34. The lowest BCUT2D eigenvalue weighted by Crippen LogP contribution is -2.41. The van der Waals surface area contributed by atoms with Crippen LogP contribution >= 0.6 is 11.8 Å². The summed E-state index contributed by atoms with van der Waals surface area (Å²) in [5.74, 6) is 2.17. The molecular formula is C28H36N4O3S. The van der Waals surface area contributed by atoms with Crippen LogP contribution in [0.4, 0.5) is 0 Å². The summed E-state index contributed by atoms with van der Waals surface area (Å²) in [6.07, 6.45) is 11.9. The van der Waals surface area contributed by atoms with Gasteiger partial charge >= 0.3 is 5.97 Å². The Morgan fingerprint density at radius 2 is 1.97 bits per heavy atom. The molecule has 1 N–H and O–H groups in total. The Bertz CT molecular complexity index is 1110. The average Bonchev–Trinajstić information content (AvgIpc) is 2.91. The van der Waals surface area contributed by atoms with Gasteiger partial charge in [-0.3, -0.25) is 9.78 Å². The second-order valence-electron chi connectivity index (χ2n) is 9.52. The standard InChI is InChI=1S/C28H36N4O3S/c1-35-24-8-9-26-25(19-24)22(11-15-29-26)6-2-5-21-12-17-32(20-23(21)7-10-27(33)34)16-4-18-36-28-30-13-3-14-31-28/h3,8-9,11,13-15,19,21,23H,2,4-7,10,12,16-18,20H2,1H3,(H,33,34)/t21-,23+/m1/s1. The number of carboxylic acid groups (broad SMARTS) is 1. The van der Waals surface area contributed by atoms with Crippen LogP contribution in [0, 0.1) is 11.8 Å². The summed E-state index contributed by atoms with van der Waals surface area (Å²) in [5, 5.41) is 11.3. The monoisotopic (exact) mass is 508 g/mol. The normalized spacial score (nSPS) is 18.4. The van der Waals surface area contributed by atoms with Gasteiger partial charge in [0.25, 0.3) is 0 Å². The molecule has 3 aromatic rings. The van der Waals surface area contributed by atoms with Crippen LogP contribution in [-0.4, -0.2) is 63.4 Å². The number of hydrogen-bond donors (Lipinski definition) is 1. The van der Waals surface area contributed by atoms with Gasteiger partial charge in [-0.25, -0.2) is 9.97 Å². The summed E-state index contributed by atoms with van der Waals surface area (Å²) in [7, 11) is 1.69. The Labute approximate surface area is 217 Å². The highest BCUT2D eigenvalue weighted by atomic mass is 32.2. The maximum Gasteiger partial charge on any atom is 0.303 e. The van der Waals surface area contributed by atoms with Crippen LogP contribution in [0.3, 0.4) is 0 Å². The number of pyridine rings is 1. The number of benzene rings is 1. The van der Waals surface area contributed by atoms with Crippen LogP contribution in [0.5, 0.6) is 5.75 Å². The molecule has 0 aliphatic carbocycles. The van der Waals surface area contributed by atoms with Crippen LogP contribution in [0.15, 0.2) is 54.1 Å². The highest BCUT2D eigenvalue weighted by Gasteiger charge is 2.29. The molecule has 0 bridgehead atoms. The third-order valence-corrected chi connectivity index (χ3v) is 8.12. The zero-order chi connectivity index (χ0) is 25.2. The highest BCUT2D eigenvalue weighted by Crippen LogP contribution is 2.32. The van der Waals surface area contributed by atoms with Crippen LogP contribution in [-0.2, 0) is 11.2 Å². The summed E-state index contributed by atoms with van der Waals surface area (Å²) in [6, 6.07) is 10.00. The van der Waals surface area contributed by atoms with E-state index in [0.29, 0.717) is 11.8 Å². The number of fused-ring (bicyclic) bond motifs is 1. The van der Waals surface area contributed by atoms with Crippen LogP contribution in [0.2, 0.25) is 0 Å².